The zero-order valence-corrected chi connectivity index (χ0v) is 20.2. The van der Waals surface area contributed by atoms with Crippen LogP contribution in [0.25, 0.3) is 21.9 Å². The Labute approximate surface area is 202 Å². The second-order valence-electron chi connectivity index (χ2n) is 10.9. The summed E-state index contributed by atoms with van der Waals surface area (Å²) in [6, 6.07) is 4.20. The molecule has 6 nitrogen and oxygen atoms in total. The quantitative estimate of drug-likeness (QED) is 0.576. The largest absolute Gasteiger partial charge is 0.360 e. The number of fused-ring (bicyclic) bond motifs is 3. The van der Waals surface area contributed by atoms with E-state index >= 15 is 0 Å². The van der Waals surface area contributed by atoms with Crippen LogP contribution in [0.4, 0.5) is 0 Å². The van der Waals surface area contributed by atoms with Gasteiger partial charge in [-0.3, -0.25) is 9.69 Å². The zero-order chi connectivity index (χ0) is 22.9. The Morgan fingerprint density at radius 2 is 1.76 bits per heavy atom. The number of ketones is 1. The molecule has 0 aromatic carbocycles. The first-order valence-electron chi connectivity index (χ1n) is 13.4. The topological polar surface area (TPSA) is 65.1 Å². The number of aromatic nitrogens is 3. The lowest BCUT2D eigenvalue weighted by Gasteiger charge is -2.35. The van der Waals surface area contributed by atoms with Crippen LogP contribution in [-0.4, -0.2) is 69.8 Å². The van der Waals surface area contributed by atoms with Gasteiger partial charge in [-0.1, -0.05) is 6.07 Å². The van der Waals surface area contributed by atoms with Crippen molar-refractivity contribution in [3.8, 4) is 0 Å². The first-order valence-corrected chi connectivity index (χ1v) is 13.4. The molecule has 0 bridgehead atoms. The van der Waals surface area contributed by atoms with Gasteiger partial charge in [0.05, 0.1) is 18.3 Å². The highest BCUT2D eigenvalue weighted by atomic mass is 16.1. The second kappa shape index (κ2) is 9.74. The summed E-state index contributed by atoms with van der Waals surface area (Å²) in [4.78, 5) is 30.8. The van der Waals surface area contributed by atoms with E-state index in [0.717, 1.165) is 55.9 Å². The average Bonchev–Trinajstić information content (AvgIpc) is 3.54. The molecule has 1 atom stereocenters. The number of Topliss-reactive ketones (excluding diaryl/α,β-unsaturated/α-hetero) is 1. The standard InChI is InChI=1S/C28H37N5O/c34-26(19-33-14-4-5-20(18-33)17-32-12-1-2-13-32)22-9-7-21(8-10-22)24-15-30-28-27(24)23-6-3-11-29-25(23)16-31-28/h3,6,11,15-16,20-22,29H,1-2,4-5,7-10,12-14,17-19H2. The van der Waals surface area contributed by atoms with Crippen LogP contribution in [0.15, 0.2) is 30.7 Å². The average molecular weight is 460 g/mol. The fourth-order valence-corrected chi connectivity index (χ4v) is 6.82. The number of aromatic amines is 1. The molecule has 2 saturated heterocycles. The summed E-state index contributed by atoms with van der Waals surface area (Å²) >= 11 is 0. The van der Waals surface area contributed by atoms with Gasteiger partial charge in [0.25, 0.3) is 0 Å². The highest BCUT2D eigenvalue weighted by Gasteiger charge is 2.31. The van der Waals surface area contributed by atoms with Crippen LogP contribution in [0.1, 0.15) is 62.8 Å². The van der Waals surface area contributed by atoms with E-state index in [9.17, 15) is 4.79 Å². The van der Waals surface area contributed by atoms with Gasteiger partial charge in [-0.25, -0.2) is 9.97 Å². The van der Waals surface area contributed by atoms with Gasteiger partial charge in [0, 0.05) is 42.2 Å². The molecule has 3 aliphatic rings. The minimum absolute atomic E-state index is 0.229. The smallest absolute Gasteiger partial charge is 0.160 e. The van der Waals surface area contributed by atoms with Crippen molar-refractivity contribution >= 4 is 27.7 Å². The predicted molar refractivity (Wildman–Crippen MR) is 136 cm³/mol. The molecule has 180 valence electrons. The fourth-order valence-electron chi connectivity index (χ4n) is 6.82. The molecule has 3 aromatic heterocycles. The van der Waals surface area contributed by atoms with Gasteiger partial charge in [0.2, 0.25) is 0 Å². The Morgan fingerprint density at radius 3 is 2.62 bits per heavy atom. The monoisotopic (exact) mass is 459 g/mol. The molecule has 5 heterocycles. The van der Waals surface area contributed by atoms with Gasteiger partial charge in [0.1, 0.15) is 5.78 Å². The minimum atomic E-state index is 0.229. The molecule has 6 rings (SSSR count). The Bertz CT molecular complexity index is 1140. The summed E-state index contributed by atoms with van der Waals surface area (Å²) in [5.74, 6) is 1.93. The van der Waals surface area contributed by atoms with Crippen molar-refractivity contribution in [3.05, 3.63) is 36.3 Å². The normalized spacial score (nSPS) is 27.0. The van der Waals surface area contributed by atoms with Crippen LogP contribution in [0, 0.1) is 11.8 Å². The Kier molecular flexibility index (Phi) is 6.35. The van der Waals surface area contributed by atoms with Crippen molar-refractivity contribution in [1.82, 2.24) is 24.8 Å². The maximum absolute atomic E-state index is 13.2. The van der Waals surface area contributed by atoms with Crippen LogP contribution < -0.4 is 0 Å². The summed E-state index contributed by atoms with van der Waals surface area (Å²) in [6.45, 7) is 6.66. The van der Waals surface area contributed by atoms with Gasteiger partial charge >= 0.3 is 0 Å². The van der Waals surface area contributed by atoms with Gasteiger partial charge in [-0.15, -0.1) is 0 Å². The molecule has 1 N–H and O–H groups in total. The lowest BCUT2D eigenvalue weighted by atomic mass is 9.77. The molecule has 3 fully saturated rings. The van der Waals surface area contributed by atoms with Crippen LogP contribution >= 0.6 is 0 Å². The molecule has 34 heavy (non-hydrogen) atoms. The maximum atomic E-state index is 13.2. The van der Waals surface area contributed by atoms with E-state index < -0.39 is 0 Å². The molecule has 3 aromatic rings. The van der Waals surface area contributed by atoms with Gasteiger partial charge < -0.3 is 9.88 Å². The number of carbonyl (C=O) groups excluding carboxylic acids is 1. The third kappa shape index (κ3) is 4.50. The van der Waals surface area contributed by atoms with Crippen LogP contribution in [0.3, 0.4) is 0 Å². The number of piperidine rings is 1. The first-order chi connectivity index (χ1) is 16.7. The number of carbonyl (C=O) groups is 1. The highest BCUT2D eigenvalue weighted by molar-refractivity contribution is 6.05. The Balaban J connectivity index is 1.06. The zero-order valence-electron chi connectivity index (χ0n) is 20.2. The summed E-state index contributed by atoms with van der Waals surface area (Å²) in [5, 5.41) is 2.40. The summed E-state index contributed by atoms with van der Waals surface area (Å²) in [5.41, 5.74) is 3.21. The van der Waals surface area contributed by atoms with E-state index in [1.165, 1.54) is 61.7 Å². The number of nitrogens with one attached hydrogen (secondary N) is 1. The lowest BCUT2D eigenvalue weighted by molar-refractivity contribution is -0.125. The van der Waals surface area contributed by atoms with Crippen LogP contribution in [0.2, 0.25) is 0 Å². The fraction of sp³-hybridized carbons (Fsp3) is 0.607. The number of hydrogen-bond donors (Lipinski definition) is 1. The van der Waals surface area contributed by atoms with Crippen molar-refractivity contribution in [3.63, 3.8) is 0 Å². The first kappa shape index (κ1) is 22.2. The van der Waals surface area contributed by atoms with Crippen molar-refractivity contribution in [1.29, 1.82) is 0 Å². The molecule has 1 unspecified atom stereocenters. The second-order valence-corrected chi connectivity index (χ2v) is 10.9. The van der Waals surface area contributed by atoms with Crippen LogP contribution in [-0.2, 0) is 4.79 Å². The SMILES string of the molecule is O=C(CN1CCCC(CN2CCCC2)C1)C1CCC(c2cnc3ncc4[nH]cccc4c23)CC1. The van der Waals surface area contributed by atoms with E-state index in [-0.39, 0.29) is 5.92 Å². The Hall–Kier alpha value is -2.31. The van der Waals surface area contributed by atoms with E-state index in [1.807, 2.05) is 24.7 Å². The molecule has 0 amide bonds. The number of hydrogen-bond acceptors (Lipinski definition) is 5. The molecule has 0 radical (unpaired) electrons. The minimum Gasteiger partial charge on any atom is -0.360 e. The Morgan fingerprint density at radius 1 is 0.971 bits per heavy atom. The van der Waals surface area contributed by atoms with Crippen molar-refractivity contribution in [2.75, 3.05) is 39.3 Å². The van der Waals surface area contributed by atoms with Gasteiger partial charge in [-0.2, -0.15) is 0 Å². The molecule has 1 aliphatic carbocycles. The molecular formula is C28H37N5O. The van der Waals surface area contributed by atoms with Gasteiger partial charge in [-0.05, 0) is 94.5 Å². The number of nitrogens with zero attached hydrogens (tertiary/aromatic N) is 4. The van der Waals surface area contributed by atoms with Gasteiger partial charge in [0.15, 0.2) is 5.65 Å². The third-order valence-corrected chi connectivity index (χ3v) is 8.63. The molecule has 6 heteroatoms. The van der Waals surface area contributed by atoms with E-state index in [2.05, 4.69) is 30.8 Å². The molecule has 1 saturated carbocycles. The summed E-state index contributed by atoms with van der Waals surface area (Å²) in [6.07, 6.45) is 15.3. The number of H-pyrrole nitrogens is 1. The number of pyridine rings is 2. The lowest BCUT2D eigenvalue weighted by Crippen LogP contribution is -2.43. The summed E-state index contributed by atoms with van der Waals surface area (Å²) < 4.78 is 0. The highest BCUT2D eigenvalue weighted by Crippen LogP contribution is 2.40. The predicted octanol–water partition coefficient (Wildman–Crippen LogP) is 4.76. The van der Waals surface area contributed by atoms with Crippen LogP contribution in [0.5, 0.6) is 0 Å². The van der Waals surface area contributed by atoms with E-state index in [4.69, 9.17) is 0 Å². The number of likely N-dealkylation sites (tertiary alicyclic amines) is 2. The number of rotatable bonds is 6. The summed E-state index contributed by atoms with van der Waals surface area (Å²) in [7, 11) is 0. The van der Waals surface area contributed by atoms with Crippen molar-refractivity contribution in [2.24, 2.45) is 11.8 Å². The molecule has 0 spiro atoms. The van der Waals surface area contributed by atoms with E-state index in [1.54, 1.807) is 0 Å². The van der Waals surface area contributed by atoms with Crippen molar-refractivity contribution in [2.45, 2.75) is 57.3 Å². The third-order valence-electron chi connectivity index (χ3n) is 8.63. The van der Waals surface area contributed by atoms with Crippen molar-refractivity contribution < 1.29 is 4.79 Å². The molecular weight excluding hydrogens is 422 g/mol. The maximum Gasteiger partial charge on any atom is 0.160 e. The molecule has 2 aliphatic heterocycles. The van der Waals surface area contributed by atoms with E-state index in [0.29, 0.717) is 18.2 Å².